The molecule has 0 aliphatic rings. The number of nitrogens with two attached hydrogens (primary N) is 2. The zero-order valence-corrected chi connectivity index (χ0v) is 12.5. The smallest absolute Gasteiger partial charge is 0.378 e. The van der Waals surface area contributed by atoms with Gasteiger partial charge in [0.15, 0.2) is 0 Å². The fourth-order valence-electron chi connectivity index (χ4n) is 1.45. The number of alkyl halides is 5. The van der Waals surface area contributed by atoms with E-state index < -0.39 is 37.1 Å². The van der Waals surface area contributed by atoms with Gasteiger partial charge >= 0.3 is 12.1 Å². The molecular weight excluding hydrogens is 339 g/mol. The molecule has 0 aliphatic heterocycles. The summed E-state index contributed by atoms with van der Waals surface area (Å²) in [5, 5.41) is 3.48. The lowest BCUT2D eigenvalue weighted by atomic mass is 10.1. The second-order valence-corrected chi connectivity index (χ2v) is 4.81. The summed E-state index contributed by atoms with van der Waals surface area (Å²) < 4.78 is 66.1. The third kappa shape index (κ3) is 5.33. The van der Waals surface area contributed by atoms with Crippen LogP contribution < -0.4 is 16.9 Å². The predicted molar refractivity (Wildman–Crippen MR) is 76.3 cm³/mol. The molecule has 0 aromatic heterocycles. The highest BCUT2D eigenvalue weighted by atomic mass is 19.4. The number of amidine groups is 1. The second kappa shape index (κ2) is 7.43. The SMILES string of the molecule is Cc1ccc(NN=C(N)C(N)=O)cc1COCC(F)(F)C(F)(F)F. The van der Waals surface area contributed by atoms with E-state index in [4.69, 9.17) is 11.5 Å². The van der Waals surface area contributed by atoms with Crippen molar-refractivity contribution in [2.75, 3.05) is 12.0 Å². The Morgan fingerprint density at radius 3 is 2.42 bits per heavy atom. The summed E-state index contributed by atoms with van der Waals surface area (Å²) in [6, 6.07) is 4.48. The Morgan fingerprint density at radius 2 is 1.88 bits per heavy atom. The quantitative estimate of drug-likeness (QED) is 0.314. The Hall–Kier alpha value is -2.43. The van der Waals surface area contributed by atoms with Crippen LogP contribution in [0.4, 0.5) is 27.6 Å². The largest absolute Gasteiger partial charge is 0.455 e. The van der Waals surface area contributed by atoms with Crippen LogP contribution in [0.15, 0.2) is 23.3 Å². The average molecular weight is 354 g/mol. The molecule has 6 nitrogen and oxygen atoms in total. The van der Waals surface area contributed by atoms with Gasteiger partial charge in [-0.2, -0.15) is 27.1 Å². The molecule has 0 unspecified atom stereocenters. The van der Waals surface area contributed by atoms with Crippen molar-refractivity contribution in [1.82, 2.24) is 0 Å². The highest BCUT2D eigenvalue weighted by molar-refractivity contribution is 6.36. The van der Waals surface area contributed by atoms with Crippen molar-refractivity contribution in [2.45, 2.75) is 25.6 Å². The van der Waals surface area contributed by atoms with Crippen molar-refractivity contribution in [3.63, 3.8) is 0 Å². The Morgan fingerprint density at radius 1 is 1.25 bits per heavy atom. The lowest BCUT2D eigenvalue weighted by molar-refractivity contribution is -0.297. The number of hydrogen-bond acceptors (Lipinski definition) is 4. The molecule has 0 saturated carbocycles. The molecule has 1 aromatic rings. The first kappa shape index (κ1) is 19.6. The van der Waals surface area contributed by atoms with Gasteiger partial charge in [0, 0.05) is 0 Å². The minimum atomic E-state index is -5.67. The van der Waals surface area contributed by atoms with E-state index >= 15 is 0 Å². The Balaban J connectivity index is 2.74. The number of aryl methyl sites for hydroxylation is 1. The average Bonchev–Trinajstić information content (AvgIpc) is 2.45. The molecule has 11 heteroatoms. The van der Waals surface area contributed by atoms with Gasteiger partial charge in [-0.15, -0.1) is 0 Å². The zero-order valence-electron chi connectivity index (χ0n) is 12.5. The van der Waals surface area contributed by atoms with Crippen molar-refractivity contribution in [1.29, 1.82) is 0 Å². The van der Waals surface area contributed by atoms with Crippen molar-refractivity contribution in [2.24, 2.45) is 16.6 Å². The first-order valence-corrected chi connectivity index (χ1v) is 6.45. The molecule has 0 fully saturated rings. The number of hydrogen-bond donors (Lipinski definition) is 3. The molecule has 0 radical (unpaired) electrons. The maximum atomic E-state index is 12.8. The molecular formula is C13H15F5N4O2. The molecule has 0 aliphatic carbocycles. The highest BCUT2D eigenvalue weighted by Gasteiger charge is 2.57. The van der Waals surface area contributed by atoms with Crippen LogP contribution in [0, 0.1) is 6.92 Å². The molecule has 5 N–H and O–H groups in total. The number of carbonyl (C=O) groups excluding carboxylic acids is 1. The van der Waals surface area contributed by atoms with E-state index in [1.807, 2.05) is 0 Å². The van der Waals surface area contributed by atoms with E-state index in [9.17, 15) is 26.7 Å². The first-order valence-electron chi connectivity index (χ1n) is 6.45. The molecule has 1 amide bonds. The van der Waals surface area contributed by atoms with Gasteiger partial charge in [0.05, 0.1) is 12.3 Å². The van der Waals surface area contributed by atoms with Crippen LogP contribution in [0.25, 0.3) is 0 Å². The van der Waals surface area contributed by atoms with Crippen LogP contribution in [0.1, 0.15) is 11.1 Å². The number of carbonyl (C=O) groups is 1. The van der Waals surface area contributed by atoms with E-state index in [1.54, 1.807) is 13.0 Å². The Kier molecular flexibility index (Phi) is 6.07. The number of nitrogens with zero attached hydrogens (tertiary/aromatic N) is 1. The molecule has 134 valence electrons. The summed E-state index contributed by atoms with van der Waals surface area (Å²) in [7, 11) is 0. The van der Waals surface area contributed by atoms with Crippen LogP contribution in [-0.2, 0) is 16.1 Å². The molecule has 24 heavy (non-hydrogen) atoms. The second-order valence-electron chi connectivity index (χ2n) is 4.81. The van der Waals surface area contributed by atoms with Crippen molar-refractivity contribution in [3.8, 4) is 0 Å². The summed E-state index contributed by atoms with van der Waals surface area (Å²) in [5.74, 6) is -6.37. The van der Waals surface area contributed by atoms with Gasteiger partial charge in [0.2, 0.25) is 5.84 Å². The van der Waals surface area contributed by atoms with E-state index in [-0.39, 0.29) is 0 Å². The van der Waals surface area contributed by atoms with Crippen molar-refractivity contribution in [3.05, 3.63) is 29.3 Å². The summed E-state index contributed by atoms with van der Waals surface area (Å²) in [5.41, 5.74) is 13.7. The fourth-order valence-corrected chi connectivity index (χ4v) is 1.45. The molecule has 1 rings (SSSR count). The lowest BCUT2D eigenvalue weighted by Gasteiger charge is -2.19. The van der Waals surface area contributed by atoms with Crippen LogP contribution in [-0.4, -0.2) is 30.4 Å². The van der Waals surface area contributed by atoms with E-state index in [0.29, 0.717) is 16.8 Å². The maximum absolute atomic E-state index is 12.8. The van der Waals surface area contributed by atoms with Crippen LogP contribution >= 0.6 is 0 Å². The van der Waals surface area contributed by atoms with Gasteiger partial charge in [0.25, 0.3) is 5.91 Å². The number of anilines is 1. The molecule has 0 atom stereocenters. The van der Waals surface area contributed by atoms with Crippen molar-refractivity contribution < 1.29 is 31.5 Å². The standard InChI is InChI=1S/C13H15F5N4O2/c1-7-2-3-9(21-22-10(19)11(20)23)4-8(7)5-24-6-12(14,15)13(16,17)18/h2-4,21H,5-6H2,1H3,(H2,19,22)(H2,20,23). The summed E-state index contributed by atoms with van der Waals surface area (Å²) in [4.78, 5) is 10.7. The van der Waals surface area contributed by atoms with Gasteiger partial charge in [-0.1, -0.05) is 6.07 Å². The summed E-state index contributed by atoms with van der Waals surface area (Å²) in [6.07, 6.45) is -5.67. The maximum Gasteiger partial charge on any atom is 0.455 e. The number of amides is 1. The summed E-state index contributed by atoms with van der Waals surface area (Å²) >= 11 is 0. The molecule has 0 saturated heterocycles. The Bertz CT molecular complexity index is 631. The normalized spacial score (nSPS) is 13.0. The zero-order chi connectivity index (χ0) is 18.5. The van der Waals surface area contributed by atoms with E-state index in [1.165, 1.54) is 12.1 Å². The van der Waals surface area contributed by atoms with Crippen LogP contribution in [0.5, 0.6) is 0 Å². The third-order valence-electron chi connectivity index (χ3n) is 2.86. The number of rotatable bonds is 6. The van der Waals surface area contributed by atoms with Crippen molar-refractivity contribution >= 4 is 17.4 Å². The van der Waals surface area contributed by atoms with Gasteiger partial charge in [0.1, 0.15) is 6.61 Å². The topological polar surface area (TPSA) is 103 Å². The minimum absolute atomic E-state index is 0.311. The number of halogens is 5. The number of hydrazone groups is 1. The number of ether oxygens (including phenoxy) is 1. The molecule has 1 aromatic carbocycles. The highest BCUT2D eigenvalue weighted by Crippen LogP contribution is 2.35. The van der Waals surface area contributed by atoms with Crippen LogP contribution in [0.3, 0.4) is 0 Å². The Labute approximate surface area is 133 Å². The fraction of sp³-hybridized carbons (Fsp3) is 0.385. The molecule has 0 bridgehead atoms. The molecule has 0 heterocycles. The third-order valence-corrected chi connectivity index (χ3v) is 2.86. The van der Waals surface area contributed by atoms with Gasteiger partial charge in [-0.05, 0) is 30.2 Å². The van der Waals surface area contributed by atoms with Crippen LogP contribution in [0.2, 0.25) is 0 Å². The monoisotopic (exact) mass is 354 g/mol. The van der Waals surface area contributed by atoms with E-state index in [2.05, 4.69) is 15.3 Å². The molecule has 0 spiro atoms. The first-order chi connectivity index (χ1) is 10.9. The number of primary amides is 1. The lowest BCUT2D eigenvalue weighted by Crippen LogP contribution is -2.40. The number of nitrogens with one attached hydrogen (secondary N) is 1. The minimum Gasteiger partial charge on any atom is -0.378 e. The number of benzene rings is 1. The summed E-state index contributed by atoms with van der Waals surface area (Å²) in [6.45, 7) is -0.645. The van der Waals surface area contributed by atoms with Gasteiger partial charge < -0.3 is 16.2 Å². The van der Waals surface area contributed by atoms with Gasteiger partial charge in [-0.3, -0.25) is 10.2 Å². The van der Waals surface area contributed by atoms with E-state index in [0.717, 1.165) is 0 Å². The predicted octanol–water partition coefficient (Wildman–Crippen LogP) is 1.88. The van der Waals surface area contributed by atoms with Gasteiger partial charge in [-0.25, -0.2) is 0 Å².